The monoisotopic (exact) mass is 271 g/mol. The van der Waals surface area contributed by atoms with Crippen LogP contribution in [-0.4, -0.2) is 25.2 Å². The molecule has 1 heterocycles. The molecule has 0 spiro atoms. The molecule has 0 fully saturated rings. The van der Waals surface area contributed by atoms with Crippen LogP contribution >= 0.6 is 11.8 Å². The molecule has 0 saturated heterocycles. The summed E-state index contributed by atoms with van der Waals surface area (Å²) in [6, 6.07) is 8.95. The van der Waals surface area contributed by atoms with Gasteiger partial charge in [-0.1, -0.05) is 30.0 Å². The number of benzene rings is 1. The second-order valence-electron chi connectivity index (χ2n) is 4.10. The Morgan fingerprint density at radius 2 is 1.94 bits per heavy atom. The quantitative estimate of drug-likeness (QED) is 0.858. The highest BCUT2D eigenvalue weighted by atomic mass is 32.2. The summed E-state index contributed by atoms with van der Waals surface area (Å²) in [6.45, 7) is 1.84. The summed E-state index contributed by atoms with van der Waals surface area (Å²) in [7, 11) is -1.76. The fraction of sp³-hybridized carbons (Fsp3) is 0.273. The van der Waals surface area contributed by atoms with E-state index in [4.69, 9.17) is 0 Å². The number of rotatable bonds is 3. The van der Waals surface area contributed by atoms with Gasteiger partial charge in [0.05, 0.1) is 12.7 Å². The average molecular weight is 271 g/mol. The Bertz CT molecular complexity index is 540. The highest BCUT2D eigenvalue weighted by molar-refractivity contribution is 8.02. The fourth-order valence-corrected chi connectivity index (χ4v) is 4.44. The molecule has 0 amide bonds. The van der Waals surface area contributed by atoms with Crippen LogP contribution in [0.3, 0.4) is 0 Å². The van der Waals surface area contributed by atoms with E-state index in [0.717, 1.165) is 5.70 Å². The van der Waals surface area contributed by atoms with Gasteiger partial charge >= 0.3 is 10.2 Å². The van der Waals surface area contributed by atoms with Crippen molar-refractivity contribution in [2.75, 3.05) is 17.6 Å². The summed E-state index contributed by atoms with van der Waals surface area (Å²) in [5, 5.41) is 1.89. The molecule has 1 unspecified atom stereocenters. The van der Waals surface area contributed by atoms with E-state index in [9.17, 15) is 8.42 Å². The molecular weight excluding hydrogens is 256 g/mol. The van der Waals surface area contributed by atoms with Crippen molar-refractivity contribution < 1.29 is 12.3 Å². The largest absolute Gasteiger partial charge is 0.399 e. The molecule has 92 valence electrons. The van der Waals surface area contributed by atoms with Gasteiger partial charge in [0.1, 0.15) is 11.6 Å². The number of thioether (sulfide) groups is 1. The molecule has 1 aliphatic rings. The summed E-state index contributed by atoms with van der Waals surface area (Å²) >= 11 is 1.52. The Hall–Kier alpha value is -0.980. The molecule has 1 aromatic rings. The van der Waals surface area contributed by atoms with Crippen LogP contribution in [0.2, 0.25) is 0 Å². The van der Waals surface area contributed by atoms with Crippen LogP contribution in [-0.2, 0) is 10.2 Å². The number of quaternary nitrogens is 1. The zero-order valence-corrected chi connectivity index (χ0v) is 11.4. The van der Waals surface area contributed by atoms with Crippen LogP contribution in [0, 0.1) is 0 Å². The predicted molar refractivity (Wildman–Crippen MR) is 71.4 cm³/mol. The van der Waals surface area contributed by atoms with Crippen LogP contribution < -0.4 is 4.72 Å². The van der Waals surface area contributed by atoms with Crippen LogP contribution in [0.25, 0.3) is 0 Å². The highest BCUT2D eigenvalue weighted by Gasteiger charge is 2.43. The smallest absolute Gasteiger partial charge is 0.238 e. The molecule has 4 nitrogen and oxygen atoms in total. The lowest BCUT2D eigenvalue weighted by Gasteiger charge is -2.28. The van der Waals surface area contributed by atoms with E-state index in [1.807, 2.05) is 18.4 Å². The third-order valence-corrected chi connectivity index (χ3v) is 6.18. The summed E-state index contributed by atoms with van der Waals surface area (Å²) in [5.41, 5.74) is 1.43. The molecule has 0 radical (unpaired) electrons. The number of para-hydroxylation sites is 1. The number of allylic oxidation sites excluding steroid dienone is 1. The van der Waals surface area contributed by atoms with Gasteiger partial charge in [-0.15, -0.1) is 0 Å². The molecule has 17 heavy (non-hydrogen) atoms. The van der Waals surface area contributed by atoms with Gasteiger partial charge in [0.2, 0.25) is 0 Å². The zero-order valence-electron chi connectivity index (χ0n) is 9.75. The third-order valence-electron chi connectivity index (χ3n) is 2.87. The number of hydrogen-bond donors (Lipinski definition) is 1. The van der Waals surface area contributed by atoms with Crippen LogP contribution in [0.5, 0.6) is 0 Å². The lowest BCUT2D eigenvalue weighted by atomic mass is 10.3. The molecule has 2 rings (SSSR count). The first-order valence-corrected chi connectivity index (χ1v) is 7.67. The highest BCUT2D eigenvalue weighted by Crippen LogP contribution is 2.33. The standard InChI is InChI=1S/C11H15N2O2S2/c1-10-8-16-9-13(10,2)17(14,15)12-11-6-4-3-5-7-11/h3-8,12H,9H2,1-2H3/q+1. The van der Waals surface area contributed by atoms with Crippen molar-refractivity contribution in [3.05, 3.63) is 41.4 Å². The molecule has 0 bridgehead atoms. The van der Waals surface area contributed by atoms with E-state index in [0.29, 0.717) is 11.6 Å². The first-order chi connectivity index (χ1) is 7.96. The minimum Gasteiger partial charge on any atom is -0.238 e. The van der Waals surface area contributed by atoms with Crippen LogP contribution in [0.15, 0.2) is 41.4 Å². The number of nitrogens with one attached hydrogen (secondary N) is 1. The predicted octanol–water partition coefficient (Wildman–Crippen LogP) is 2.36. The fourth-order valence-electron chi connectivity index (χ4n) is 1.53. The lowest BCUT2D eigenvalue weighted by molar-refractivity contribution is -0.724. The van der Waals surface area contributed by atoms with E-state index in [1.165, 1.54) is 11.8 Å². The normalized spacial score (nSPS) is 24.5. The van der Waals surface area contributed by atoms with Gasteiger partial charge in [-0.3, -0.25) is 0 Å². The van der Waals surface area contributed by atoms with Gasteiger partial charge in [-0.2, -0.15) is 12.3 Å². The van der Waals surface area contributed by atoms with E-state index < -0.39 is 10.2 Å². The maximum atomic E-state index is 12.3. The zero-order chi connectivity index (χ0) is 12.5. The molecule has 0 saturated carbocycles. The minimum atomic E-state index is -3.46. The maximum Gasteiger partial charge on any atom is 0.399 e. The van der Waals surface area contributed by atoms with Crippen molar-refractivity contribution >= 4 is 27.7 Å². The van der Waals surface area contributed by atoms with Crippen molar-refractivity contribution in [1.29, 1.82) is 0 Å². The Labute approximate surface area is 106 Å². The van der Waals surface area contributed by atoms with Crippen LogP contribution in [0.4, 0.5) is 5.69 Å². The number of nitrogens with zero attached hydrogens (tertiary/aromatic N) is 1. The SMILES string of the molecule is CC1=CSC[N+]1(C)S(=O)(=O)Nc1ccccc1. The Morgan fingerprint density at radius 1 is 1.29 bits per heavy atom. The Kier molecular flexibility index (Phi) is 3.20. The Morgan fingerprint density at radius 3 is 2.47 bits per heavy atom. The first kappa shape index (κ1) is 12.5. The summed E-state index contributed by atoms with van der Waals surface area (Å²) in [6.07, 6.45) is 0. The molecule has 0 aliphatic carbocycles. The van der Waals surface area contributed by atoms with Gasteiger partial charge in [0.15, 0.2) is 0 Å². The third kappa shape index (κ3) is 2.20. The van der Waals surface area contributed by atoms with Gasteiger partial charge in [0.25, 0.3) is 0 Å². The van der Waals surface area contributed by atoms with Crippen molar-refractivity contribution in [1.82, 2.24) is 0 Å². The number of anilines is 1. The molecule has 1 N–H and O–H groups in total. The summed E-state index contributed by atoms with van der Waals surface area (Å²) in [4.78, 5) is 0. The van der Waals surface area contributed by atoms with E-state index in [-0.39, 0.29) is 3.89 Å². The van der Waals surface area contributed by atoms with Crippen molar-refractivity contribution in [2.24, 2.45) is 0 Å². The topological polar surface area (TPSA) is 46.2 Å². The average Bonchev–Trinajstić information content (AvgIpc) is 2.62. The van der Waals surface area contributed by atoms with Gasteiger partial charge in [-0.05, 0) is 12.1 Å². The second-order valence-corrected chi connectivity index (χ2v) is 6.89. The van der Waals surface area contributed by atoms with Crippen LogP contribution in [0.1, 0.15) is 6.92 Å². The van der Waals surface area contributed by atoms with E-state index >= 15 is 0 Å². The molecule has 1 aromatic carbocycles. The molecular formula is C11H15N2O2S2+. The van der Waals surface area contributed by atoms with Crippen molar-refractivity contribution in [2.45, 2.75) is 6.92 Å². The lowest BCUT2D eigenvalue weighted by Crippen LogP contribution is -2.48. The molecule has 6 heteroatoms. The second kappa shape index (κ2) is 4.36. The van der Waals surface area contributed by atoms with E-state index in [1.54, 1.807) is 31.3 Å². The molecule has 1 atom stereocenters. The van der Waals surface area contributed by atoms with Crippen molar-refractivity contribution in [3.8, 4) is 0 Å². The number of hydrogen-bond acceptors (Lipinski definition) is 3. The van der Waals surface area contributed by atoms with Crippen molar-refractivity contribution in [3.63, 3.8) is 0 Å². The Balaban J connectivity index is 2.29. The first-order valence-electron chi connectivity index (χ1n) is 5.18. The summed E-state index contributed by atoms with van der Waals surface area (Å²) < 4.78 is 27.2. The van der Waals surface area contributed by atoms with Gasteiger partial charge < -0.3 is 0 Å². The minimum absolute atomic E-state index is 0.0907. The molecule has 0 aromatic heterocycles. The van der Waals surface area contributed by atoms with E-state index in [2.05, 4.69) is 4.72 Å². The van der Waals surface area contributed by atoms with Gasteiger partial charge in [0, 0.05) is 12.3 Å². The maximum absolute atomic E-state index is 12.3. The van der Waals surface area contributed by atoms with Gasteiger partial charge in [-0.25, -0.2) is 4.72 Å². The summed E-state index contributed by atoms with van der Waals surface area (Å²) in [5.74, 6) is 0.508. The molecule has 1 aliphatic heterocycles.